The highest BCUT2D eigenvalue weighted by atomic mass is 32.1. The summed E-state index contributed by atoms with van der Waals surface area (Å²) in [6, 6.07) is 15.6. The van der Waals surface area contributed by atoms with Gasteiger partial charge >= 0.3 is 5.97 Å². The minimum absolute atomic E-state index is 0.00840. The fourth-order valence-corrected chi connectivity index (χ4v) is 4.83. The second-order valence-electron chi connectivity index (χ2n) is 9.96. The molecule has 1 N–H and O–H groups in total. The third kappa shape index (κ3) is 6.48. The van der Waals surface area contributed by atoms with Crippen LogP contribution in [0.3, 0.4) is 0 Å². The molecule has 0 bridgehead atoms. The molecule has 0 fully saturated rings. The Balaban J connectivity index is 1.93. The third-order valence-corrected chi connectivity index (χ3v) is 6.60. The third-order valence-electron chi connectivity index (χ3n) is 6.04. The maximum absolute atomic E-state index is 14.0. The van der Waals surface area contributed by atoms with Crippen LogP contribution in [0.4, 0.5) is 0 Å². The number of hydrogen-bond acceptors (Lipinski definition) is 8. The van der Waals surface area contributed by atoms with Crippen molar-refractivity contribution in [1.82, 2.24) is 8.75 Å². The van der Waals surface area contributed by atoms with Crippen LogP contribution in [0.5, 0.6) is 17.2 Å². The summed E-state index contributed by atoms with van der Waals surface area (Å²) in [5.41, 5.74) is 3.62. The van der Waals surface area contributed by atoms with Gasteiger partial charge in [-0.3, -0.25) is 4.79 Å². The Morgan fingerprint density at radius 1 is 0.850 bits per heavy atom. The van der Waals surface area contributed by atoms with Crippen LogP contribution in [0.25, 0.3) is 16.6 Å². The first-order valence-corrected chi connectivity index (χ1v) is 13.6. The predicted molar refractivity (Wildman–Crippen MR) is 156 cm³/mol. The Hall–Kier alpha value is -4.24. The van der Waals surface area contributed by atoms with Crippen LogP contribution in [-0.4, -0.2) is 44.9 Å². The summed E-state index contributed by atoms with van der Waals surface area (Å²) < 4.78 is 26.2. The first kappa shape index (κ1) is 28.8. The maximum atomic E-state index is 14.0. The lowest BCUT2D eigenvalue weighted by Gasteiger charge is -2.21. The summed E-state index contributed by atoms with van der Waals surface area (Å²) in [5, 5.41) is 10.4. The number of aromatic nitrogens is 2. The number of rotatable bonds is 11. The smallest absolute Gasteiger partial charge is 0.336 e. The number of fused-ring (bicyclic) bond motifs is 1. The molecule has 1 heterocycles. The molecule has 1 aromatic heterocycles. The zero-order valence-corrected chi connectivity index (χ0v) is 24.2. The lowest BCUT2D eigenvalue weighted by Crippen LogP contribution is -2.15. The molecule has 3 aromatic carbocycles. The van der Waals surface area contributed by atoms with Crippen LogP contribution in [-0.2, 0) is 11.2 Å². The minimum Gasteiger partial charge on any atom is -0.493 e. The molecule has 4 aromatic rings. The van der Waals surface area contributed by atoms with E-state index in [2.05, 4.69) is 8.75 Å². The quantitative estimate of drug-likeness (QED) is 0.163. The van der Waals surface area contributed by atoms with Gasteiger partial charge in [0.05, 0.1) is 36.6 Å². The number of allylic oxidation sites excluding steroid dienone is 1. The summed E-state index contributed by atoms with van der Waals surface area (Å²) in [5.74, 6) is -0.279. The van der Waals surface area contributed by atoms with Gasteiger partial charge in [-0.05, 0) is 70.0 Å². The molecule has 0 spiro atoms. The number of benzene rings is 3. The Labute approximate surface area is 237 Å². The van der Waals surface area contributed by atoms with Crippen molar-refractivity contribution < 1.29 is 28.9 Å². The van der Waals surface area contributed by atoms with Gasteiger partial charge < -0.3 is 19.3 Å². The number of ketones is 1. The number of carboxylic acids is 1. The predicted octanol–water partition coefficient (Wildman–Crippen LogP) is 6.55. The second-order valence-corrected chi connectivity index (χ2v) is 10.5. The van der Waals surface area contributed by atoms with Crippen molar-refractivity contribution in [2.24, 2.45) is 0 Å². The number of Topliss-reactive ketones (excluding diaryl/α,β-unsaturated/α-hetero) is 1. The number of carbonyl (C=O) groups excluding carboxylic acids is 1. The number of methoxy groups -OCH3 is 1. The normalized spacial score (nSPS) is 12.0. The van der Waals surface area contributed by atoms with Crippen molar-refractivity contribution in [1.29, 1.82) is 0 Å². The maximum Gasteiger partial charge on any atom is 0.336 e. The van der Waals surface area contributed by atoms with E-state index in [0.717, 1.165) is 17.3 Å². The van der Waals surface area contributed by atoms with Crippen LogP contribution in [0.2, 0.25) is 0 Å². The number of nitrogens with zero attached hydrogens (tertiary/aromatic N) is 2. The van der Waals surface area contributed by atoms with Gasteiger partial charge in [0.1, 0.15) is 11.0 Å². The van der Waals surface area contributed by atoms with Crippen molar-refractivity contribution >= 4 is 40.1 Å². The number of hydrogen-bond donors (Lipinski definition) is 1. The highest BCUT2D eigenvalue weighted by Crippen LogP contribution is 2.41. The fourth-order valence-electron chi connectivity index (χ4n) is 4.31. The first-order chi connectivity index (χ1) is 19.1. The highest BCUT2D eigenvalue weighted by molar-refractivity contribution is 7.00. The number of aryl methyl sites for hydroxylation is 1. The lowest BCUT2D eigenvalue weighted by atomic mass is 9.89. The van der Waals surface area contributed by atoms with E-state index >= 15 is 0 Å². The fraction of sp³-hybridized carbons (Fsp3) is 0.290. The van der Waals surface area contributed by atoms with Crippen LogP contribution < -0.4 is 14.2 Å². The van der Waals surface area contributed by atoms with Crippen molar-refractivity contribution in [3.05, 3.63) is 82.4 Å². The van der Waals surface area contributed by atoms with Gasteiger partial charge in [0.2, 0.25) is 5.75 Å². The van der Waals surface area contributed by atoms with Gasteiger partial charge in [-0.2, -0.15) is 8.75 Å². The summed E-state index contributed by atoms with van der Waals surface area (Å²) in [6.07, 6.45) is -0.289. The van der Waals surface area contributed by atoms with E-state index < -0.39 is 5.97 Å². The van der Waals surface area contributed by atoms with Crippen LogP contribution in [0, 0.1) is 6.92 Å². The number of aliphatic carboxylic acids is 1. The van der Waals surface area contributed by atoms with E-state index in [1.807, 2.05) is 46.8 Å². The molecule has 40 heavy (non-hydrogen) atoms. The van der Waals surface area contributed by atoms with E-state index in [1.165, 1.54) is 7.11 Å². The summed E-state index contributed by atoms with van der Waals surface area (Å²) in [7, 11) is 1.53. The molecule has 0 amide bonds. The van der Waals surface area contributed by atoms with Gasteiger partial charge in [-0.25, -0.2) is 4.79 Å². The average Bonchev–Trinajstić information content (AvgIpc) is 3.37. The van der Waals surface area contributed by atoms with E-state index in [0.29, 0.717) is 45.0 Å². The van der Waals surface area contributed by atoms with Crippen LogP contribution in [0.1, 0.15) is 54.7 Å². The molecule has 8 nitrogen and oxygen atoms in total. The van der Waals surface area contributed by atoms with E-state index in [9.17, 15) is 14.7 Å². The Morgan fingerprint density at radius 3 is 2.10 bits per heavy atom. The van der Waals surface area contributed by atoms with Crippen LogP contribution in [0.15, 0.2) is 60.2 Å². The number of carbonyl (C=O) groups is 2. The van der Waals surface area contributed by atoms with E-state index in [-0.39, 0.29) is 35.6 Å². The van der Waals surface area contributed by atoms with Gasteiger partial charge in [0.15, 0.2) is 17.3 Å². The Morgan fingerprint density at radius 2 is 1.48 bits per heavy atom. The van der Waals surface area contributed by atoms with Gasteiger partial charge in [0, 0.05) is 17.6 Å². The van der Waals surface area contributed by atoms with E-state index in [4.69, 9.17) is 14.2 Å². The number of carboxylic acid groups (broad SMARTS) is 1. The van der Waals surface area contributed by atoms with Crippen LogP contribution >= 0.6 is 11.7 Å². The lowest BCUT2D eigenvalue weighted by molar-refractivity contribution is -0.130. The Bertz CT molecular complexity index is 1570. The molecule has 0 radical (unpaired) electrons. The first-order valence-electron chi connectivity index (χ1n) is 12.9. The molecule has 0 aliphatic rings. The van der Waals surface area contributed by atoms with Crippen molar-refractivity contribution in [3.8, 4) is 17.2 Å². The standard InChI is InChI=1S/C31H32N2O6S/c1-17(2)38-27-15-20(14-26(37-6)30(27)39-18(3)4)13-23(29(34)21-9-7-19(5)8-10-21)28(31(35)36)22-11-12-24-25(16-22)33-40-32-24/h7-12,14-18H,13H2,1-6H3,(H,35,36). The minimum atomic E-state index is -1.22. The molecule has 0 aliphatic carbocycles. The molecule has 0 saturated heterocycles. The molecule has 9 heteroatoms. The zero-order chi connectivity index (χ0) is 29.0. The molecule has 0 saturated carbocycles. The highest BCUT2D eigenvalue weighted by Gasteiger charge is 2.26. The molecular formula is C31H32N2O6S. The molecule has 208 valence electrons. The topological polar surface area (TPSA) is 108 Å². The van der Waals surface area contributed by atoms with Gasteiger partial charge in [0.25, 0.3) is 0 Å². The van der Waals surface area contributed by atoms with Crippen molar-refractivity contribution in [2.45, 2.75) is 53.2 Å². The molecular weight excluding hydrogens is 528 g/mol. The second kappa shape index (κ2) is 12.3. The van der Waals surface area contributed by atoms with Gasteiger partial charge in [-0.1, -0.05) is 35.9 Å². The number of ether oxygens (including phenoxy) is 3. The van der Waals surface area contributed by atoms with Crippen molar-refractivity contribution in [3.63, 3.8) is 0 Å². The molecule has 0 unspecified atom stereocenters. The Kier molecular flexibility index (Phi) is 8.84. The summed E-state index contributed by atoms with van der Waals surface area (Å²) >= 11 is 1.04. The molecule has 4 rings (SSSR count). The zero-order valence-electron chi connectivity index (χ0n) is 23.3. The molecule has 0 atom stereocenters. The SMILES string of the molecule is COc1cc(CC(C(=O)c2ccc(C)cc2)=C(C(=O)O)c2ccc3nsnc3c2)cc(OC(C)C)c1OC(C)C. The van der Waals surface area contributed by atoms with Crippen molar-refractivity contribution in [2.75, 3.05) is 7.11 Å². The van der Waals surface area contributed by atoms with Gasteiger partial charge in [-0.15, -0.1) is 0 Å². The summed E-state index contributed by atoms with van der Waals surface area (Å²) in [4.78, 5) is 26.8. The average molecular weight is 561 g/mol. The molecule has 0 aliphatic heterocycles. The van der Waals surface area contributed by atoms with E-state index in [1.54, 1.807) is 42.5 Å². The largest absolute Gasteiger partial charge is 0.493 e. The monoisotopic (exact) mass is 560 g/mol. The summed E-state index contributed by atoms with van der Waals surface area (Å²) in [6.45, 7) is 9.53.